The molecule has 0 amide bonds. The number of nitrogens with zero attached hydrogens (tertiary/aromatic N) is 4. The van der Waals surface area contributed by atoms with Gasteiger partial charge in [0.2, 0.25) is 0 Å². The molecule has 124 valence electrons. The molecule has 0 unspecified atom stereocenters. The number of rotatable bonds is 3. The quantitative estimate of drug-likeness (QED) is 0.614. The van der Waals surface area contributed by atoms with E-state index in [9.17, 15) is 19.8 Å². The lowest BCUT2D eigenvalue weighted by molar-refractivity contribution is -0.181. The van der Waals surface area contributed by atoms with Gasteiger partial charge in [-0.15, -0.1) is 0 Å². The smallest absolute Gasteiger partial charge is 0.330 e. The normalized spacial score (nSPS) is 28.0. The van der Waals surface area contributed by atoms with Crippen molar-refractivity contribution in [1.29, 1.82) is 0 Å². The van der Waals surface area contributed by atoms with Crippen molar-refractivity contribution in [1.82, 2.24) is 24.3 Å². The maximum atomic E-state index is 12.0. The summed E-state index contributed by atoms with van der Waals surface area (Å²) in [5.41, 5.74) is -0.721. The second kappa shape index (κ2) is 6.07. The number of aliphatic hydroxyl groups is 2. The van der Waals surface area contributed by atoms with E-state index in [0.29, 0.717) is 5.56 Å². The Bertz CT molecular complexity index is 783. The molecule has 4 atom stereocenters. The van der Waals surface area contributed by atoms with Gasteiger partial charge in [0.1, 0.15) is 31.1 Å². The second-order valence-corrected chi connectivity index (χ2v) is 5.46. The van der Waals surface area contributed by atoms with E-state index in [4.69, 9.17) is 4.74 Å². The first-order valence-corrected chi connectivity index (χ1v) is 7.12. The molecule has 2 aromatic rings. The van der Waals surface area contributed by atoms with E-state index in [-0.39, 0.29) is 6.42 Å². The number of hydrogen-bond acceptors (Lipinski definition) is 7. The van der Waals surface area contributed by atoms with Crippen LogP contribution in [0.1, 0.15) is 24.3 Å². The van der Waals surface area contributed by atoms with Crippen molar-refractivity contribution in [2.75, 3.05) is 6.61 Å². The van der Waals surface area contributed by atoms with Crippen LogP contribution in [0.3, 0.4) is 0 Å². The molecule has 3 heterocycles. The Hall–Kier alpha value is -2.30. The third kappa shape index (κ3) is 2.83. The molecule has 1 aliphatic heterocycles. The Morgan fingerprint density at radius 1 is 1.48 bits per heavy atom. The molecule has 10 heteroatoms. The molecule has 0 radical (unpaired) electrons. The molecule has 0 saturated carbocycles. The predicted octanol–water partition coefficient (Wildman–Crippen LogP) is -1.68. The zero-order valence-electron chi connectivity index (χ0n) is 12.4. The molecule has 0 aromatic carbocycles. The molecule has 3 N–H and O–H groups in total. The zero-order chi connectivity index (χ0) is 16.6. The largest absolute Gasteiger partial charge is 0.394 e. The van der Waals surface area contributed by atoms with E-state index in [2.05, 4.69) is 15.1 Å². The predicted molar refractivity (Wildman–Crippen MR) is 76.7 cm³/mol. The van der Waals surface area contributed by atoms with Crippen LogP contribution in [0.2, 0.25) is 0 Å². The first kappa shape index (κ1) is 15.6. The summed E-state index contributed by atoms with van der Waals surface area (Å²) in [5, 5.41) is 23.8. The molecule has 3 rings (SSSR count). The van der Waals surface area contributed by atoms with Gasteiger partial charge >= 0.3 is 5.69 Å². The first-order chi connectivity index (χ1) is 11.0. The van der Waals surface area contributed by atoms with E-state index in [0.717, 1.165) is 0 Å². The average Bonchev–Trinajstić information content (AvgIpc) is 3.05. The van der Waals surface area contributed by atoms with E-state index in [1.807, 2.05) is 0 Å². The minimum absolute atomic E-state index is 0.229. The lowest BCUT2D eigenvalue weighted by Crippen LogP contribution is -2.48. The average molecular weight is 323 g/mol. The standard InChI is InChI=1S/C13H17N5O5/c1-7-3-17(13(22)16-12(7)21)10-2-8(18-6-14-5-15-18)11(20)9(4-19)23-10/h3,5-6,8-11,19-20H,2,4H2,1H3,(H,16,21,22)/t8-,9+,10-,11-/m0/s1. The highest BCUT2D eigenvalue weighted by molar-refractivity contribution is 5.02. The third-order valence-electron chi connectivity index (χ3n) is 3.96. The van der Waals surface area contributed by atoms with Crippen LogP contribution in [0.25, 0.3) is 0 Å². The van der Waals surface area contributed by atoms with E-state index >= 15 is 0 Å². The number of aromatic amines is 1. The highest BCUT2D eigenvalue weighted by Gasteiger charge is 2.40. The van der Waals surface area contributed by atoms with Crippen LogP contribution in [0, 0.1) is 6.92 Å². The molecular weight excluding hydrogens is 306 g/mol. The van der Waals surface area contributed by atoms with Crippen LogP contribution >= 0.6 is 0 Å². The number of ether oxygens (including phenoxy) is 1. The summed E-state index contributed by atoms with van der Waals surface area (Å²) in [7, 11) is 0. The molecule has 2 aromatic heterocycles. The molecule has 0 bridgehead atoms. The summed E-state index contributed by atoms with van der Waals surface area (Å²) >= 11 is 0. The van der Waals surface area contributed by atoms with Gasteiger partial charge in [-0.3, -0.25) is 14.3 Å². The fourth-order valence-corrected chi connectivity index (χ4v) is 2.71. The maximum absolute atomic E-state index is 12.0. The summed E-state index contributed by atoms with van der Waals surface area (Å²) in [6.07, 6.45) is 1.77. The van der Waals surface area contributed by atoms with Crippen LogP contribution in [0.4, 0.5) is 0 Å². The van der Waals surface area contributed by atoms with Crippen LogP contribution in [-0.2, 0) is 4.74 Å². The van der Waals surface area contributed by atoms with Gasteiger partial charge in [-0.2, -0.15) is 5.10 Å². The second-order valence-electron chi connectivity index (χ2n) is 5.46. The molecule has 1 fully saturated rings. The lowest BCUT2D eigenvalue weighted by Gasteiger charge is -2.39. The van der Waals surface area contributed by atoms with Crippen molar-refractivity contribution in [3.8, 4) is 0 Å². The first-order valence-electron chi connectivity index (χ1n) is 7.12. The Labute approximate surface area is 130 Å². The van der Waals surface area contributed by atoms with Crippen molar-refractivity contribution in [3.63, 3.8) is 0 Å². The number of nitrogens with one attached hydrogen (secondary N) is 1. The molecule has 1 saturated heterocycles. The van der Waals surface area contributed by atoms with Crippen LogP contribution < -0.4 is 11.2 Å². The molecule has 10 nitrogen and oxygen atoms in total. The molecule has 0 spiro atoms. The van der Waals surface area contributed by atoms with Gasteiger partial charge in [0, 0.05) is 18.2 Å². The summed E-state index contributed by atoms with van der Waals surface area (Å²) in [6, 6.07) is -0.521. The van der Waals surface area contributed by atoms with Crippen LogP contribution in [-0.4, -0.2) is 53.3 Å². The Morgan fingerprint density at radius 3 is 2.91 bits per heavy atom. The van der Waals surface area contributed by atoms with E-state index < -0.39 is 42.3 Å². The van der Waals surface area contributed by atoms with Gasteiger partial charge in [0.25, 0.3) is 5.56 Å². The summed E-state index contributed by atoms with van der Waals surface area (Å²) in [5.74, 6) is 0. The van der Waals surface area contributed by atoms with Crippen molar-refractivity contribution in [2.45, 2.75) is 37.8 Å². The van der Waals surface area contributed by atoms with E-state index in [1.165, 1.54) is 28.1 Å². The lowest BCUT2D eigenvalue weighted by atomic mass is 9.98. The number of hydrogen-bond donors (Lipinski definition) is 3. The third-order valence-corrected chi connectivity index (χ3v) is 3.96. The Kier molecular flexibility index (Phi) is 4.11. The topological polar surface area (TPSA) is 135 Å². The van der Waals surface area contributed by atoms with Gasteiger partial charge in [-0.25, -0.2) is 14.5 Å². The summed E-state index contributed by atoms with van der Waals surface area (Å²) < 4.78 is 8.33. The van der Waals surface area contributed by atoms with Crippen LogP contribution in [0.15, 0.2) is 28.4 Å². The SMILES string of the molecule is Cc1cn([C@@H]2C[C@H](n3cncn3)[C@H](O)[C@@H](CO)O2)c(=O)[nH]c1=O. The molecule has 1 aliphatic rings. The van der Waals surface area contributed by atoms with Crippen molar-refractivity contribution in [3.05, 3.63) is 45.3 Å². The highest BCUT2D eigenvalue weighted by atomic mass is 16.5. The minimum atomic E-state index is -1.00. The number of H-pyrrole nitrogens is 1. The number of aryl methyl sites for hydroxylation is 1. The van der Waals surface area contributed by atoms with Crippen molar-refractivity contribution in [2.24, 2.45) is 0 Å². The van der Waals surface area contributed by atoms with Gasteiger partial charge in [-0.05, 0) is 6.92 Å². The monoisotopic (exact) mass is 323 g/mol. The van der Waals surface area contributed by atoms with Gasteiger partial charge < -0.3 is 14.9 Å². The van der Waals surface area contributed by atoms with Gasteiger partial charge in [0.15, 0.2) is 0 Å². The van der Waals surface area contributed by atoms with Crippen LogP contribution in [0.5, 0.6) is 0 Å². The number of aliphatic hydroxyl groups excluding tert-OH is 2. The van der Waals surface area contributed by atoms with Crippen molar-refractivity contribution < 1.29 is 14.9 Å². The van der Waals surface area contributed by atoms with Gasteiger partial charge in [-0.1, -0.05) is 0 Å². The summed E-state index contributed by atoms with van der Waals surface area (Å²) in [4.78, 5) is 29.6. The Morgan fingerprint density at radius 2 is 2.26 bits per heavy atom. The zero-order valence-corrected chi connectivity index (χ0v) is 12.4. The van der Waals surface area contributed by atoms with Gasteiger partial charge in [0.05, 0.1) is 12.6 Å². The molecule has 23 heavy (non-hydrogen) atoms. The van der Waals surface area contributed by atoms with Crippen molar-refractivity contribution >= 4 is 0 Å². The molecule has 0 aliphatic carbocycles. The number of aromatic nitrogens is 5. The highest BCUT2D eigenvalue weighted by Crippen LogP contribution is 2.33. The fraction of sp³-hybridized carbons (Fsp3) is 0.538. The minimum Gasteiger partial charge on any atom is -0.394 e. The van der Waals surface area contributed by atoms with E-state index in [1.54, 1.807) is 6.92 Å². The molecular formula is C13H17N5O5. The maximum Gasteiger partial charge on any atom is 0.330 e. The Balaban J connectivity index is 1.98. The fourth-order valence-electron chi connectivity index (χ4n) is 2.71. The summed E-state index contributed by atoms with van der Waals surface area (Å²) in [6.45, 7) is 1.16.